The summed E-state index contributed by atoms with van der Waals surface area (Å²) < 4.78 is 12.2. The van der Waals surface area contributed by atoms with E-state index in [9.17, 15) is 9.59 Å². The fraction of sp³-hybridized carbons (Fsp3) is 0.375. The van der Waals surface area contributed by atoms with Crippen molar-refractivity contribution >= 4 is 16.7 Å². The predicted octanol–water partition coefficient (Wildman–Crippen LogP) is 2.35. The van der Waals surface area contributed by atoms with E-state index in [4.69, 9.17) is 9.47 Å². The van der Waals surface area contributed by atoms with Crippen molar-refractivity contribution in [3.8, 4) is 5.75 Å². The summed E-state index contributed by atoms with van der Waals surface area (Å²) in [7, 11) is 3.26. The molecule has 1 aliphatic heterocycles. The van der Waals surface area contributed by atoms with Crippen LogP contribution in [0.15, 0.2) is 53.3 Å². The summed E-state index contributed by atoms with van der Waals surface area (Å²) in [4.78, 5) is 25.2. The highest BCUT2D eigenvalue weighted by atomic mass is 16.5. The number of fused-ring (bicyclic) bond motifs is 1. The minimum absolute atomic E-state index is 0.115. The summed E-state index contributed by atoms with van der Waals surface area (Å²) in [5.41, 5.74) is 1.42. The Morgan fingerprint density at radius 2 is 1.81 bits per heavy atom. The maximum atomic E-state index is 12.9. The van der Waals surface area contributed by atoms with Gasteiger partial charge in [0.2, 0.25) is 5.91 Å². The molecule has 0 aliphatic carbocycles. The molecule has 1 N–H and O–H groups in total. The second-order valence-corrected chi connectivity index (χ2v) is 8.00. The topological polar surface area (TPSA) is 82.5 Å². The largest absolute Gasteiger partial charge is 0.497 e. The van der Waals surface area contributed by atoms with E-state index >= 15 is 0 Å². The van der Waals surface area contributed by atoms with Crippen LogP contribution in [0, 0.1) is 0 Å². The maximum absolute atomic E-state index is 12.9. The Morgan fingerprint density at radius 3 is 2.48 bits per heavy atom. The Morgan fingerprint density at radius 1 is 1.13 bits per heavy atom. The van der Waals surface area contributed by atoms with Crippen molar-refractivity contribution in [2.75, 3.05) is 26.9 Å². The maximum Gasteiger partial charge on any atom is 0.274 e. The van der Waals surface area contributed by atoms with Gasteiger partial charge >= 0.3 is 0 Å². The van der Waals surface area contributed by atoms with Crippen LogP contribution in [0.1, 0.15) is 24.1 Å². The average molecular weight is 421 g/mol. The summed E-state index contributed by atoms with van der Waals surface area (Å²) in [6, 6.07) is 15.3. The number of aryl methyl sites for hydroxylation is 1. The third-order valence-electron chi connectivity index (χ3n) is 6.14. The molecule has 2 heterocycles. The monoisotopic (exact) mass is 421 g/mol. The molecule has 0 radical (unpaired) electrons. The van der Waals surface area contributed by atoms with E-state index in [-0.39, 0.29) is 23.3 Å². The van der Waals surface area contributed by atoms with Crippen LogP contribution in [0.2, 0.25) is 0 Å². The summed E-state index contributed by atoms with van der Waals surface area (Å²) in [6.45, 7) is 1.84. The Hall–Kier alpha value is -3.19. The minimum atomic E-state index is -0.181. The van der Waals surface area contributed by atoms with Crippen molar-refractivity contribution in [2.24, 2.45) is 7.05 Å². The summed E-state index contributed by atoms with van der Waals surface area (Å²) in [5, 5.41) is 8.74. The van der Waals surface area contributed by atoms with Crippen molar-refractivity contribution in [1.82, 2.24) is 15.1 Å². The number of hydrogen-bond acceptors (Lipinski definition) is 5. The van der Waals surface area contributed by atoms with Gasteiger partial charge in [0.25, 0.3) is 5.56 Å². The molecule has 0 spiro atoms. The second-order valence-electron chi connectivity index (χ2n) is 8.00. The van der Waals surface area contributed by atoms with Gasteiger partial charge in [-0.1, -0.05) is 30.3 Å². The van der Waals surface area contributed by atoms with Crippen LogP contribution < -0.4 is 15.6 Å². The molecule has 3 aromatic rings. The van der Waals surface area contributed by atoms with E-state index < -0.39 is 0 Å². The Balaban J connectivity index is 1.53. The first-order valence-corrected chi connectivity index (χ1v) is 10.5. The first-order valence-electron chi connectivity index (χ1n) is 10.5. The van der Waals surface area contributed by atoms with Gasteiger partial charge in [-0.25, -0.2) is 4.68 Å². The van der Waals surface area contributed by atoms with Gasteiger partial charge in [-0.3, -0.25) is 9.59 Å². The SMILES string of the molecule is COc1ccc(C2(CNC(=O)Cc3nn(C)c(=O)c4ccccc34)CCOCC2)cc1. The molecule has 4 rings (SSSR count). The second kappa shape index (κ2) is 8.89. The molecule has 162 valence electrons. The van der Waals surface area contributed by atoms with Crippen LogP contribution >= 0.6 is 0 Å². The zero-order valence-corrected chi connectivity index (χ0v) is 17.9. The predicted molar refractivity (Wildman–Crippen MR) is 118 cm³/mol. The quantitative estimate of drug-likeness (QED) is 0.661. The average Bonchev–Trinajstić information content (AvgIpc) is 2.82. The highest BCUT2D eigenvalue weighted by Crippen LogP contribution is 2.35. The van der Waals surface area contributed by atoms with Crippen LogP contribution in [-0.2, 0) is 28.4 Å². The van der Waals surface area contributed by atoms with E-state index in [2.05, 4.69) is 22.5 Å². The molecule has 1 fully saturated rings. The first kappa shape index (κ1) is 21.1. The smallest absolute Gasteiger partial charge is 0.274 e. The number of carbonyl (C=O) groups excluding carboxylic acids is 1. The molecule has 1 aromatic heterocycles. The number of aromatic nitrogens is 2. The lowest BCUT2D eigenvalue weighted by molar-refractivity contribution is -0.121. The van der Waals surface area contributed by atoms with Crippen molar-refractivity contribution in [2.45, 2.75) is 24.7 Å². The third kappa shape index (κ3) is 4.32. The molecule has 31 heavy (non-hydrogen) atoms. The molecular formula is C24H27N3O4. The van der Waals surface area contributed by atoms with Gasteiger partial charge in [0.05, 0.1) is 24.6 Å². The molecule has 7 heteroatoms. The molecule has 7 nitrogen and oxygen atoms in total. The van der Waals surface area contributed by atoms with Gasteiger partial charge in [0, 0.05) is 37.6 Å². The van der Waals surface area contributed by atoms with Crippen molar-refractivity contribution in [3.63, 3.8) is 0 Å². The lowest BCUT2D eigenvalue weighted by Crippen LogP contribution is -2.45. The fourth-order valence-electron chi connectivity index (χ4n) is 4.26. The molecular weight excluding hydrogens is 394 g/mol. The normalized spacial score (nSPS) is 15.5. The summed E-state index contributed by atoms with van der Waals surface area (Å²) in [6.07, 6.45) is 1.78. The lowest BCUT2D eigenvalue weighted by atomic mass is 9.74. The van der Waals surface area contributed by atoms with E-state index in [1.807, 2.05) is 30.3 Å². The summed E-state index contributed by atoms with van der Waals surface area (Å²) in [5.74, 6) is 0.693. The van der Waals surface area contributed by atoms with Crippen molar-refractivity contribution in [1.29, 1.82) is 0 Å². The number of nitrogens with one attached hydrogen (secondary N) is 1. The van der Waals surface area contributed by atoms with E-state index in [0.717, 1.165) is 24.0 Å². The number of ether oxygens (including phenoxy) is 2. The van der Waals surface area contributed by atoms with Gasteiger partial charge in [-0.15, -0.1) is 0 Å². The number of nitrogens with zero attached hydrogens (tertiary/aromatic N) is 2. The van der Waals surface area contributed by atoms with E-state index in [1.165, 1.54) is 10.2 Å². The number of carbonyl (C=O) groups is 1. The molecule has 2 aromatic carbocycles. The van der Waals surface area contributed by atoms with Crippen molar-refractivity contribution in [3.05, 3.63) is 70.1 Å². The Bertz CT molecular complexity index is 1130. The highest BCUT2D eigenvalue weighted by molar-refractivity contribution is 5.88. The van der Waals surface area contributed by atoms with Crippen LogP contribution in [0.4, 0.5) is 0 Å². The van der Waals surface area contributed by atoms with Gasteiger partial charge in [0.15, 0.2) is 0 Å². The summed E-state index contributed by atoms with van der Waals surface area (Å²) >= 11 is 0. The Labute approximate surface area is 181 Å². The standard InChI is InChI=1S/C24H27N3O4/c1-27-23(29)20-6-4-3-5-19(20)21(26-27)15-22(28)25-16-24(11-13-31-14-12-24)17-7-9-18(30-2)10-8-17/h3-10H,11-16H2,1-2H3,(H,25,28). The minimum Gasteiger partial charge on any atom is -0.497 e. The number of amides is 1. The van der Waals surface area contributed by atoms with Crippen molar-refractivity contribution < 1.29 is 14.3 Å². The zero-order valence-electron chi connectivity index (χ0n) is 17.9. The van der Waals surface area contributed by atoms with Crippen LogP contribution in [-0.4, -0.2) is 42.6 Å². The zero-order chi connectivity index (χ0) is 21.8. The van der Waals surface area contributed by atoms with E-state index in [1.54, 1.807) is 20.2 Å². The molecule has 0 unspecified atom stereocenters. The third-order valence-corrected chi connectivity index (χ3v) is 6.14. The Kier molecular flexibility index (Phi) is 6.04. The molecule has 0 bridgehead atoms. The first-order chi connectivity index (χ1) is 15.0. The lowest BCUT2D eigenvalue weighted by Gasteiger charge is -2.38. The van der Waals surface area contributed by atoms with Gasteiger partial charge in [-0.2, -0.15) is 5.10 Å². The molecule has 0 atom stereocenters. The molecule has 1 amide bonds. The van der Waals surface area contributed by atoms with Crippen LogP contribution in [0.3, 0.4) is 0 Å². The van der Waals surface area contributed by atoms with Gasteiger partial charge in [-0.05, 0) is 36.6 Å². The van der Waals surface area contributed by atoms with Gasteiger partial charge < -0.3 is 14.8 Å². The highest BCUT2D eigenvalue weighted by Gasteiger charge is 2.35. The molecule has 1 saturated heterocycles. The number of hydrogen-bond donors (Lipinski definition) is 1. The van der Waals surface area contributed by atoms with E-state index in [0.29, 0.717) is 30.8 Å². The fourth-order valence-corrected chi connectivity index (χ4v) is 4.26. The number of methoxy groups -OCH3 is 1. The number of benzene rings is 2. The van der Waals surface area contributed by atoms with Crippen LogP contribution in [0.5, 0.6) is 5.75 Å². The molecule has 0 saturated carbocycles. The van der Waals surface area contributed by atoms with Crippen LogP contribution in [0.25, 0.3) is 10.8 Å². The van der Waals surface area contributed by atoms with Gasteiger partial charge in [0.1, 0.15) is 5.75 Å². The molecule has 1 aliphatic rings. The number of rotatable bonds is 6.